The molecular weight excluding hydrogens is 851 g/mol. The number of benzene rings is 5. The van der Waals surface area contributed by atoms with Crippen molar-refractivity contribution in [3.63, 3.8) is 0 Å². The van der Waals surface area contributed by atoms with Gasteiger partial charge in [-0.15, -0.1) is 0 Å². The van der Waals surface area contributed by atoms with Crippen molar-refractivity contribution < 1.29 is 28.5 Å². The zero-order valence-electron chi connectivity index (χ0n) is 40.2. The van der Waals surface area contributed by atoms with E-state index in [9.17, 15) is 14.9 Å². The zero-order valence-corrected chi connectivity index (χ0v) is 40.2. The minimum absolute atomic E-state index is 0.0491. The van der Waals surface area contributed by atoms with E-state index in [1.54, 1.807) is 48.5 Å². The third-order valence-corrected chi connectivity index (χ3v) is 11.5. The fraction of sp³-hybridized carbons (Fsp3) is 0.421. The van der Waals surface area contributed by atoms with Crippen molar-refractivity contribution in [3.05, 3.63) is 132 Å². The number of nitrogens with zero attached hydrogens (tertiary/aromatic N) is 5. The van der Waals surface area contributed by atoms with Gasteiger partial charge in [0.2, 0.25) is 0 Å². The van der Waals surface area contributed by atoms with E-state index < -0.39 is 11.9 Å². The SMILES string of the molecule is CCCCCCCCCCCCOc1ccc(N=Nc2ccc(C(=O)Oc3ccc(C#N)c(OC(=O)c4ccc(N=Nc5ccc(OCCCCCCCCCCCC)cc5)cc4)c3)cc2)cc1. The molecule has 5 aromatic carbocycles. The Bertz CT molecular complexity index is 2320. The van der Waals surface area contributed by atoms with Gasteiger partial charge in [0.25, 0.3) is 0 Å². The summed E-state index contributed by atoms with van der Waals surface area (Å²) in [5.41, 5.74) is 3.04. The van der Waals surface area contributed by atoms with Gasteiger partial charge in [-0.25, -0.2) is 9.59 Å². The standard InChI is InChI=1S/C57H69N5O6/c1-3-5-7-9-11-13-15-17-19-21-41-65-52-37-32-50(33-38-52)61-59-48-28-23-45(24-29-48)56(63)67-54-36-27-47(44-58)55(43-54)68-57(64)46-25-30-49(31-26-46)60-62-51-34-39-53(40-35-51)66-42-22-20-18-16-14-12-10-8-6-4-2/h23-40,43H,3-22,41-42H2,1-2H3. The Morgan fingerprint density at radius 3 is 1.10 bits per heavy atom. The Morgan fingerprint density at radius 1 is 0.412 bits per heavy atom. The Balaban J connectivity index is 1.01. The number of nitriles is 1. The van der Waals surface area contributed by atoms with E-state index in [4.69, 9.17) is 18.9 Å². The molecule has 0 amide bonds. The highest BCUT2D eigenvalue weighted by molar-refractivity contribution is 5.92. The fourth-order valence-corrected chi connectivity index (χ4v) is 7.40. The van der Waals surface area contributed by atoms with Gasteiger partial charge >= 0.3 is 11.9 Å². The molecule has 0 atom stereocenters. The highest BCUT2D eigenvalue weighted by Gasteiger charge is 2.16. The number of carbonyl (C=O) groups excluding carboxylic acids is 2. The van der Waals surface area contributed by atoms with Crippen LogP contribution in [0.5, 0.6) is 23.0 Å². The van der Waals surface area contributed by atoms with E-state index in [0.717, 1.165) is 24.3 Å². The monoisotopic (exact) mass is 920 g/mol. The maximum Gasteiger partial charge on any atom is 0.343 e. The molecule has 0 aliphatic heterocycles. The van der Waals surface area contributed by atoms with Crippen LogP contribution >= 0.6 is 0 Å². The fourth-order valence-electron chi connectivity index (χ4n) is 7.40. The molecule has 5 aromatic rings. The van der Waals surface area contributed by atoms with E-state index in [1.807, 2.05) is 54.6 Å². The maximum absolute atomic E-state index is 13.1. The second kappa shape index (κ2) is 31.3. The average Bonchev–Trinajstić information content (AvgIpc) is 3.37. The van der Waals surface area contributed by atoms with Gasteiger partial charge in [0.15, 0.2) is 5.75 Å². The summed E-state index contributed by atoms with van der Waals surface area (Å²) < 4.78 is 23.0. The predicted molar refractivity (Wildman–Crippen MR) is 270 cm³/mol. The van der Waals surface area contributed by atoms with Crippen LogP contribution in [-0.2, 0) is 0 Å². The highest BCUT2D eigenvalue weighted by atomic mass is 16.5. The second-order valence-electron chi connectivity index (χ2n) is 17.1. The highest BCUT2D eigenvalue weighted by Crippen LogP contribution is 2.28. The Labute approximate surface area is 404 Å². The first kappa shape index (κ1) is 52.3. The van der Waals surface area contributed by atoms with E-state index in [-0.39, 0.29) is 28.2 Å². The molecule has 0 bridgehead atoms. The minimum Gasteiger partial charge on any atom is -0.494 e. The summed E-state index contributed by atoms with van der Waals surface area (Å²) in [5, 5.41) is 26.9. The lowest BCUT2D eigenvalue weighted by Crippen LogP contribution is -2.11. The molecule has 0 aliphatic rings. The molecule has 68 heavy (non-hydrogen) atoms. The van der Waals surface area contributed by atoms with Crippen LogP contribution < -0.4 is 18.9 Å². The summed E-state index contributed by atoms with van der Waals surface area (Å²) in [5.74, 6) is 0.313. The predicted octanol–water partition coefficient (Wildman–Crippen LogP) is 17.4. The van der Waals surface area contributed by atoms with Crippen LogP contribution in [0.25, 0.3) is 0 Å². The maximum atomic E-state index is 13.1. The van der Waals surface area contributed by atoms with Gasteiger partial charge in [0, 0.05) is 6.07 Å². The van der Waals surface area contributed by atoms with Gasteiger partial charge < -0.3 is 18.9 Å². The molecule has 0 saturated carbocycles. The van der Waals surface area contributed by atoms with Crippen LogP contribution in [0.15, 0.2) is 136 Å². The first-order valence-corrected chi connectivity index (χ1v) is 24.9. The summed E-state index contributed by atoms with van der Waals surface area (Å²) in [4.78, 5) is 26.2. The van der Waals surface area contributed by atoms with Crippen molar-refractivity contribution >= 4 is 34.7 Å². The van der Waals surface area contributed by atoms with E-state index in [2.05, 4.69) is 34.3 Å². The third kappa shape index (κ3) is 20.1. The second-order valence-corrected chi connectivity index (χ2v) is 17.1. The number of ether oxygens (including phenoxy) is 4. The number of esters is 2. The van der Waals surface area contributed by atoms with Crippen molar-refractivity contribution in [3.8, 4) is 29.1 Å². The van der Waals surface area contributed by atoms with Crippen LogP contribution in [-0.4, -0.2) is 25.2 Å². The molecule has 0 aromatic heterocycles. The van der Waals surface area contributed by atoms with E-state index in [0.29, 0.717) is 36.0 Å². The average molecular weight is 920 g/mol. The van der Waals surface area contributed by atoms with Crippen LogP contribution in [0.2, 0.25) is 0 Å². The van der Waals surface area contributed by atoms with Gasteiger partial charge in [0.05, 0.1) is 52.7 Å². The number of azo groups is 2. The van der Waals surface area contributed by atoms with E-state index >= 15 is 0 Å². The molecule has 0 fully saturated rings. The number of hydrogen-bond acceptors (Lipinski definition) is 11. The van der Waals surface area contributed by atoms with Crippen LogP contribution in [0.3, 0.4) is 0 Å². The molecule has 358 valence electrons. The molecule has 0 heterocycles. The molecule has 0 unspecified atom stereocenters. The molecular formula is C57H69N5O6. The first-order chi connectivity index (χ1) is 33.4. The van der Waals surface area contributed by atoms with Crippen molar-refractivity contribution in [2.45, 2.75) is 142 Å². The van der Waals surface area contributed by atoms with Crippen LogP contribution in [0.1, 0.15) is 169 Å². The lowest BCUT2D eigenvalue weighted by molar-refractivity contribution is 0.0732. The Hall–Kier alpha value is -6.67. The first-order valence-electron chi connectivity index (χ1n) is 24.9. The van der Waals surface area contributed by atoms with Crippen LogP contribution in [0, 0.1) is 11.3 Å². The van der Waals surface area contributed by atoms with Gasteiger partial charge in [-0.1, -0.05) is 129 Å². The number of rotatable bonds is 32. The number of unbranched alkanes of at least 4 members (excludes halogenated alkanes) is 18. The molecule has 0 saturated heterocycles. The lowest BCUT2D eigenvalue weighted by Gasteiger charge is -2.09. The third-order valence-electron chi connectivity index (χ3n) is 11.5. The molecule has 0 aliphatic carbocycles. The normalized spacial score (nSPS) is 11.2. The summed E-state index contributed by atoms with van der Waals surface area (Å²) in [6, 6.07) is 34.1. The molecule has 11 heteroatoms. The summed E-state index contributed by atoms with van der Waals surface area (Å²) in [6.07, 6.45) is 25.7. The summed E-state index contributed by atoms with van der Waals surface area (Å²) >= 11 is 0. The zero-order chi connectivity index (χ0) is 47.9. The van der Waals surface area contributed by atoms with Gasteiger partial charge in [-0.3, -0.25) is 0 Å². The lowest BCUT2D eigenvalue weighted by atomic mass is 10.1. The topological polar surface area (TPSA) is 144 Å². The largest absolute Gasteiger partial charge is 0.494 e. The van der Waals surface area contributed by atoms with Crippen LogP contribution in [0.4, 0.5) is 22.7 Å². The smallest absolute Gasteiger partial charge is 0.343 e. The molecule has 0 N–H and O–H groups in total. The van der Waals surface area contributed by atoms with Gasteiger partial charge in [0.1, 0.15) is 23.3 Å². The number of carbonyl (C=O) groups is 2. The number of hydrogen-bond donors (Lipinski definition) is 0. The summed E-state index contributed by atoms with van der Waals surface area (Å²) in [7, 11) is 0. The van der Waals surface area contributed by atoms with E-state index in [1.165, 1.54) is 134 Å². The minimum atomic E-state index is -0.699. The molecule has 0 spiro atoms. The van der Waals surface area contributed by atoms with Crippen molar-refractivity contribution in [1.82, 2.24) is 0 Å². The van der Waals surface area contributed by atoms with Crippen molar-refractivity contribution in [1.29, 1.82) is 5.26 Å². The molecule has 5 rings (SSSR count). The summed E-state index contributed by atoms with van der Waals surface area (Å²) in [6.45, 7) is 5.90. The molecule has 0 radical (unpaired) electrons. The van der Waals surface area contributed by atoms with Gasteiger partial charge in [-0.05, 0) is 122 Å². The Kier molecular flexibility index (Phi) is 24.1. The van der Waals surface area contributed by atoms with Gasteiger partial charge in [-0.2, -0.15) is 25.7 Å². The Morgan fingerprint density at radius 2 is 0.735 bits per heavy atom. The van der Waals surface area contributed by atoms with Crippen molar-refractivity contribution in [2.75, 3.05) is 13.2 Å². The van der Waals surface area contributed by atoms with Crippen molar-refractivity contribution in [2.24, 2.45) is 20.5 Å². The quantitative estimate of drug-likeness (QED) is 0.0181. The molecule has 11 nitrogen and oxygen atoms in total.